The first-order valence-electron chi connectivity index (χ1n) is 3.79. The third-order valence-electron chi connectivity index (χ3n) is 1.75. The van der Waals surface area contributed by atoms with E-state index >= 15 is 0 Å². The Morgan fingerprint density at radius 2 is 2.20 bits per heavy atom. The topological polar surface area (TPSA) is 82.0 Å². The summed E-state index contributed by atoms with van der Waals surface area (Å²) >= 11 is 0. The predicted octanol–water partition coefficient (Wildman–Crippen LogP) is 1.53. The van der Waals surface area contributed by atoms with Crippen LogP contribution < -0.4 is 5.73 Å². The number of alkyl halides is 2. The fourth-order valence-electron chi connectivity index (χ4n) is 1.12. The van der Waals surface area contributed by atoms with Crippen molar-refractivity contribution in [3.8, 4) is 0 Å². The largest absolute Gasteiger partial charge is 0.368 e. The van der Waals surface area contributed by atoms with Gasteiger partial charge >= 0.3 is 5.82 Å². The van der Waals surface area contributed by atoms with E-state index in [2.05, 4.69) is 4.98 Å². The van der Waals surface area contributed by atoms with E-state index in [4.69, 9.17) is 5.73 Å². The van der Waals surface area contributed by atoms with E-state index in [1.165, 1.54) is 0 Å². The van der Waals surface area contributed by atoms with Crippen molar-refractivity contribution < 1.29 is 18.1 Å². The first-order chi connectivity index (χ1) is 6.99. The number of aromatic nitrogens is 1. The molecule has 1 rings (SSSR count). The molecule has 0 unspecified atom stereocenters. The number of pyridine rings is 1. The molecular formula is C7H6F3N3O2. The van der Waals surface area contributed by atoms with E-state index in [0.29, 0.717) is 6.20 Å². The Kier molecular flexibility index (Phi) is 3.20. The van der Waals surface area contributed by atoms with Gasteiger partial charge < -0.3 is 15.8 Å². The SMILES string of the molecule is NCc1c([N+](=O)[O-])ncc(F)c1C(F)F. The van der Waals surface area contributed by atoms with Gasteiger partial charge in [-0.3, -0.25) is 0 Å². The molecule has 15 heavy (non-hydrogen) atoms. The van der Waals surface area contributed by atoms with E-state index in [9.17, 15) is 23.3 Å². The second-order valence-corrected chi connectivity index (χ2v) is 2.58. The van der Waals surface area contributed by atoms with Crippen molar-refractivity contribution in [1.82, 2.24) is 4.98 Å². The maximum Gasteiger partial charge on any atom is 0.368 e. The smallest absolute Gasteiger partial charge is 0.358 e. The van der Waals surface area contributed by atoms with E-state index < -0.39 is 40.7 Å². The molecule has 0 spiro atoms. The van der Waals surface area contributed by atoms with Gasteiger partial charge in [0.2, 0.25) is 0 Å². The van der Waals surface area contributed by atoms with Crippen LogP contribution in [0.4, 0.5) is 19.0 Å². The Morgan fingerprint density at radius 1 is 1.60 bits per heavy atom. The normalized spacial score (nSPS) is 10.7. The molecule has 0 bridgehead atoms. The van der Waals surface area contributed by atoms with Gasteiger partial charge in [-0.2, -0.15) is 0 Å². The molecule has 2 N–H and O–H groups in total. The summed E-state index contributed by atoms with van der Waals surface area (Å²) in [6.45, 7) is -0.569. The summed E-state index contributed by atoms with van der Waals surface area (Å²) in [5.41, 5.74) is 3.42. The minimum Gasteiger partial charge on any atom is -0.358 e. The van der Waals surface area contributed by atoms with E-state index in [1.807, 2.05) is 0 Å². The maximum absolute atomic E-state index is 12.9. The number of nitrogens with zero attached hydrogens (tertiary/aromatic N) is 2. The monoisotopic (exact) mass is 221 g/mol. The average Bonchev–Trinajstić information content (AvgIpc) is 2.15. The minimum absolute atomic E-state index is 0.388. The molecule has 0 radical (unpaired) electrons. The zero-order valence-corrected chi connectivity index (χ0v) is 7.28. The summed E-state index contributed by atoms with van der Waals surface area (Å²) in [7, 11) is 0. The van der Waals surface area contributed by atoms with Crippen molar-refractivity contribution in [1.29, 1.82) is 0 Å². The summed E-state index contributed by atoms with van der Waals surface area (Å²) in [4.78, 5) is 12.5. The highest BCUT2D eigenvalue weighted by atomic mass is 19.3. The van der Waals surface area contributed by atoms with Crippen LogP contribution >= 0.6 is 0 Å². The first-order valence-corrected chi connectivity index (χ1v) is 3.79. The fourth-order valence-corrected chi connectivity index (χ4v) is 1.12. The van der Waals surface area contributed by atoms with Crippen molar-refractivity contribution >= 4 is 5.82 Å². The molecule has 1 aromatic heterocycles. The Balaban J connectivity index is 3.47. The van der Waals surface area contributed by atoms with Gasteiger partial charge in [-0.1, -0.05) is 0 Å². The highest BCUT2D eigenvalue weighted by Crippen LogP contribution is 2.29. The van der Waals surface area contributed by atoms with Crippen molar-refractivity contribution in [3.05, 3.63) is 33.3 Å². The van der Waals surface area contributed by atoms with E-state index in [0.717, 1.165) is 0 Å². The lowest BCUT2D eigenvalue weighted by atomic mass is 10.1. The van der Waals surface area contributed by atoms with Crippen molar-refractivity contribution in [2.24, 2.45) is 5.73 Å². The van der Waals surface area contributed by atoms with Crippen LogP contribution in [0.3, 0.4) is 0 Å². The number of nitro groups is 1. The van der Waals surface area contributed by atoms with E-state index in [-0.39, 0.29) is 0 Å². The lowest BCUT2D eigenvalue weighted by molar-refractivity contribution is -0.390. The number of hydrogen-bond acceptors (Lipinski definition) is 4. The van der Waals surface area contributed by atoms with Crippen LogP contribution in [0.2, 0.25) is 0 Å². The third kappa shape index (κ3) is 2.04. The van der Waals surface area contributed by atoms with Crippen LogP contribution in [0.15, 0.2) is 6.20 Å². The van der Waals surface area contributed by atoms with Gasteiger partial charge in [-0.15, -0.1) is 0 Å². The zero-order valence-electron chi connectivity index (χ0n) is 7.28. The van der Waals surface area contributed by atoms with Gasteiger partial charge in [0.05, 0.1) is 11.1 Å². The minimum atomic E-state index is -3.16. The zero-order chi connectivity index (χ0) is 11.6. The highest BCUT2D eigenvalue weighted by Gasteiger charge is 2.27. The Morgan fingerprint density at radius 3 is 2.60 bits per heavy atom. The molecule has 82 valence electrons. The highest BCUT2D eigenvalue weighted by molar-refractivity contribution is 5.40. The first kappa shape index (κ1) is 11.4. The molecule has 5 nitrogen and oxygen atoms in total. The third-order valence-corrected chi connectivity index (χ3v) is 1.75. The van der Waals surface area contributed by atoms with Crippen molar-refractivity contribution in [2.75, 3.05) is 0 Å². The number of nitrogens with two attached hydrogens (primary N) is 1. The second kappa shape index (κ2) is 4.22. The average molecular weight is 221 g/mol. The summed E-state index contributed by atoms with van der Waals surface area (Å²) in [5.74, 6) is -2.13. The van der Waals surface area contributed by atoms with Gasteiger partial charge in [0.25, 0.3) is 6.43 Å². The molecule has 0 fully saturated rings. The lowest BCUT2D eigenvalue weighted by Crippen LogP contribution is -2.10. The van der Waals surface area contributed by atoms with Gasteiger partial charge in [0.1, 0.15) is 0 Å². The molecule has 0 aromatic carbocycles. The molecular weight excluding hydrogens is 215 g/mol. The van der Waals surface area contributed by atoms with Crippen LogP contribution in [0.5, 0.6) is 0 Å². The number of rotatable bonds is 3. The summed E-state index contributed by atoms with van der Waals surface area (Å²) in [5, 5.41) is 10.4. The molecule has 0 saturated heterocycles. The van der Waals surface area contributed by atoms with Crippen LogP contribution in [-0.4, -0.2) is 9.91 Å². The summed E-state index contributed by atoms with van der Waals surface area (Å²) in [6, 6.07) is 0. The lowest BCUT2D eigenvalue weighted by Gasteiger charge is -2.06. The van der Waals surface area contributed by atoms with Crippen LogP contribution in [0, 0.1) is 15.9 Å². The Bertz CT molecular complexity index is 397. The molecule has 0 aliphatic carbocycles. The van der Waals surface area contributed by atoms with Gasteiger partial charge in [0.15, 0.2) is 12.0 Å². The van der Waals surface area contributed by atoms with Gasteiger partial charge in [-0.25, -0.2) is 13.2 Å². The molecule has 1 aromatic rings. The summed E-state index contributed by atoms with van der Waals surface area (Å²) < 4.78 is 37.7. The number of hydrogen-bond donors (Lipinski definition) is 1. The van der Waals surface area contributed by atoms with E-state index in [1.54, 1.807) is 0 Å². The molecule has 0 aliphatic heterocycles. The predicted molar refractivity (Wildman–Crippen MR) is 43.7 cm³/mol. The standard InChI is InChI=1S/C7H6F3N3O2/c8-4-2-12-7(13(14)15)3(1-11)5(4)6(9)10/h2,6H,1,11H2. The van der Waals surface area contributed by atoms with Crippen LogP contribution in [0.25, 0.3) is 0 Å². The molecule has 0 amide bonds. The Hall–Kier alpha value is -1.70. The molecule has 0 aliphatic rings. The van der Waals surface area contributed by atoms with Gasteiger partial charge in [0, 0.05) is 6.54 Å². The van der Waals surface area contributed by atoms with Gasteiger partial charge in [-0.05, 0) is 9.91 Å². The Labute approximate surface area is 81.9 Å². The van der Waals surface area contributed by atoms with Crippen LogP contribution in [-0.2, 0) is 6.54 Å². The quantitative estimate of drug-likeness (QED) is 0.619. The second-order valence-electron chi connectivity index (χ2n) is 2.58. The molecule has 0 atom stereocenters. The summed E-state index contributed by atoms with van der Waals surface area (Å²) in [6.07, 6.45) is -2.77. The molecule has 1 heterocycles. The maximum atomic E-state index is 12.9. The van der Waals surface area contributed by atoms with Crippen LogP contribution in [0.1, 0.15) is 17.6 Å². The fraction of sp³-hybridized carbons (Fsp3) is 0.286. The van der Waals surface area contributed by atoms with Crippen molar-refractivity contribution in [2.45, 2.75) is 13.0 Å². The molecule has 8 heteroatoms. The van der Waals surface area contributed by atoms with Crippen molar-refractivity contribution in [3.63, 3.8) is 0 Å². The molecule has 0 saturated carbocycles. The number of halogens is 3.